The molecule has 1 aliphatic carbocycles. The van der Waals surface area contributed by atoms with E-state index in [9.17, 15) is 0 Å². The summed E-state index contributed by atoms with van der Waals surface area (Å²) in [5, 5.41) is -0.109. The second-order valence-electron chi connectivity index (χ2n) is 5.64. The summed E-state index contributed by atoms with van der Waals surface area (Å²) < 4.78 is 5.76. The lowest BCUT2D eigenvalue weighted by atomic mass is 9.98. The van der Waals surface area contributed by atoms with Gasteiger partial charge < -0.3 is 4.74 Å². The lowest BCUT2D eigenvalue weighted by Gasteiger charge is -2.15. The zero-order valence-electron chi connectivity index (χ0n) is 12.6. The summed E-state index contributed by atoms with van der Waals surface area (Å²) in [4.78, 5) is 2.79. The van der Waals surface area contributed by atoms with Gasteiger partial charge in [0.2, 0.25) is 0 Å². The summed E-state index contributed by atoms with van der Waals surface area (Å²) in [5.74, 6) is 0.912. The largest absolute Gasteiger partial charge is 0.494 e. The summed E-state index contributed by atoms with van der Waals surface area (Å²) in [6, 6.07) is 8.59. The Balaban J connectivity index is 1.95. The Labute approximate surface area is 135 Å². The van der Waals surface area contributed by atoms with Crippen LogP contribution in [-0.2, 0) is 12.8 Å². The molecule has 0 bridgehead atoms. The number of hydrogen-bond donors (Lipinski definition) is 0. The van der Waals surface area contributed by atoms with Crippen molar-refractivity contribution in [3.63, 3.8) is 0 Å². The fraction of sp³-hybridized carbons (Fsp3) is 0.444. The minimum Gasteiger partial charge on any atom is -0.494 e. The van der Waals surface area contributed by atoms with Gasteiger partial charge in [-0.15, -0.1) is 22.9 Å². The van der Waals surface area contributed by atoms with E-state index in [0.717, 1.165) is 11.3 Å². The van der Waals surface area contributed by atoms with Gasteiger partial charge in [-0.3, -0.25) is 0 Å². The van der Waals surface area contributed by atoms with Crippen molar-refractivity contribution in [3.8, 4) is 5.75 Å². The van der Waals surface area contributed by atoms with Crippen molar-refractivity contribution < 1.29 is 4.74 Å². The molecule has 0 saturated carbocycles. The molecule has 3 rings (SSSR count). The Morgan fingerprint density at radius 3 is 2.81 bits per heavy atom. The first kappa shape index (κ1) is 14.9. The third-order valence-electron chi connectivity index (χ3n) is 4.00. The molecule has 21 heavy (non-hydrogen) atoms. The predicted octanol–water partition coefficient (Wildman–Crippen LogP) is 5.66. The molecule has 1 aliphatic rings. The van der Waals surface area contributed by atoms with Gasteiger partial charge in [-0.05, 0) is 57.2 Å². The molecule has 112 valence electrons. The van der Waals surface area contributed by atoms with Crippen LogP contribution in [0.4, 0.5) is 0 Å². The fourth-order valence-corrected chi connectivity index (χ4v) is 4.57. The van der Waals surface area contributed by atoms with E-state index in [1.807, 2.05) is 24.3 Å². The molecule has 0 N–H and O–H groups in total. The maximum absolute atomic E-state index is 6.79. The van der Waals surface area contributed by atoms with Gasteiger partial charge in [-0.25, -0.2) is 0 Å². The summed E-state index contributed by atoms with van der Waals surface area (Å²) >= 11 is 8.68. The second-order valence-corrected chi connectivity index (χ2v) is 7.25. The summed E-state index contributed by atoms with van der Waals surface area (Å²) in [6.45, 7) is 4.78. The van der Waals surface area contributed by atoms with E-state index in [1.165, 1.54) is 46.6 Å². The number of thiophene rings is 1. The number of aryl methyl sites for hydroxylation is 3. The van der Waals surface area contributed by atoms with E-state index < -0.39 is 0 Å². The van der Waals surface area contributed by atoms with Crippen LogP contribution < -0.4 is 4.74 Å². The Morgan fingerprint density at radius 1 is 1.24 bits per heavy atom. The first-order chi connectivity index (χ1) is 10.2. The highest BCUT2D eigenvalue weighted by Crippen LogP contribution is 2.41. The topological polar surface area (TPSA) is 9.23 Å². The molecule has 3 heteroatoms. The van der Waals surface area contributed by atoms with Gasteiger partial charge in [0.25, 0.3) is 0 Å². The Bertz CT molecular complexity index is 609. The van der Waals surface area contributed by atoms with Crippen LogP contribution in [0.3, 0.4) is 0 Å². The van der Waals surface area contributed by atoms with Gasteiger partial charge in [0, 0.05) is 15.3 Å². The van der Waals surface area contributed by atoms with Crippen LogP contribution in [0.2, 0.25) is 0 Å². The molecule has 0 amide bonds. The normalized spacial score (nSPS) is 15.6. The maximum atomic E-state index is 6.79. The third-order valence-corrected chi connectivity index (χ3v) is 5.91. The van der Waals surface area contributed by atoms with Gasteiger partial charge in [0.1, 0.15) is 5.75 Å². The predicted molar refractivity (Wildman–Crippen MR) is 91.0 cm³/mol. The molecule has 0 fully saturated rings. The molecule has 0 spiro atoms. The van der Waals surface area contributed by atoms with Gasteiger partial charge in [0.15, 0.2) is 0 Å². The van der Waals surface area contributed by atoms with Gasteiger partial charge in [-0.2, -0.15) is 0 Å². The van der Waals surface area contributed by atoms with E-state index >= 15 is 0 Å². The van der Waals surface area contributed by atoms with Crippen molar-refractivity contribution in [1.29, 1.82) is 0 Å². The third kappa shape index (κ3) is 3.12. The number of hydrogen-bond acceptors (Lipinski definition) is 2. The van der Waals surface area contributed by atoms with E-state index in [2.05, 4.69) is 25.1 Å². The molecule has 1 atom stereocenters. The van der Waals surface area contributed by atoms with Crippen LogP contribution in [0.5, 0.6) is 5.75 Å². The Hall–Kier alpha value is -0.990. The van der Waals surface area contributed by atoms with Gasteiger partial charge in [-0.1, -0.05) is 17.7 Å². The molecule has 0 radical (unpaired) electrons. The molecular weight excluding hydrogens is 300 g/mol. The standard InChI is InChI=1S/C18H21ClOS/c1-3-20-15-9-8-12(2)10-14(15)18(19)17-11-13-6-4-5-7-16(13)21-17/h8-11,18H,3-7H2,1-2H3. The number of halogens is 1. The number of alkyl halides is 1. The highest BCUT2D eigenvalue weighted by atomic mass is 35.5. The Kier molecular flexibility index (Phi) is 4.56. The molecule has 0 saturated heterocycles. The lowest BCUT2D eigenvalue weighted by molar-refractivity contribution is 0.337. The minimum absolute atomic E-state index is 0.109. The van der Waals surface area contributed by atoms with Crippen molar-refractivity contribution in [3.05, 3.63) is 50.7 Å². The fourth-order valence-electron chi connectivity index (χ4n) is 2.94. The number of fused-ring (bicyclic) bond motifs is 1. The van der Waals surface area contributed by atoms with Crippen LogP contribution in [0.25, 0.3) is 0 Å². The van der Waals surface area contributed by atoms with Crippen molar-refractivity contribution in [2.75, 3.05) is 6.61 Å². The van der Waals surface area contributed by atoms with Crippen molar-refractivity contribution in [2.45, 2.75) is 44.9 Å². The molecule has 2 aromatic rings. The van der Waals surface area contributed by atoms with E-state index in [0.29, 0.717) is 6.61 Å². The average molecular weight is 321 g/mol. The van der Waals surface area contributed by atoms with E-state index in [4.69, 9.17) is 16.3 Å². The van der Waals surface area contributed by atoms with Crippen molar-refractivity contribution in [1.82, 2.24) is 0 Å². The number of rotatable bonds is 4. The van der Waals surface area contributed by atoms with Crippen LogP contribution in [-0.4, -0.2) is 6.61 Å². The first-order valence-electron chi connectivity index (χ1n) is 7.68. The zero-order valence-corrected chi connectivity index (χ0v) is 14.2. The maximum Gasteiger partial charge on any atom is 0.124 e. The van der Waals surface area contributed by atoms with Crippen molar-refractivity contribution in [2.24, 2.45) is 0 Å². The first-order valence-corrected chi connectivity index (χ1v) is 8.93. The number of benzene rings is 1. The molecule has 1 aromatic carbocycles. The SMILES string of the molecule is CCOc1ccc(C)cc1C(Cl)c1cc2c(s1)CCCC2. The molecule has 1 unspecified atom stereocenters. The van der Waals surface area contributed by atoms with Crippen LogP contribution in [0.15, 0.2) is 24.3 Å². The van der Waals surface area contributed by atoms with E-state index in [-0.39, 0.29) is 5.38 Å². The summed E-state index contributed by atoms with van der Waals surface area (Å²) in [7, 11) is 0. The highest BCUT2D eigenvalue weighted by Gasteiger charge is 2.21. The average Bonchev–Trinajstić information content (AvgIpc) is 2.92. The van der Waals surface area contributed by atoms with E-state index in [1.54, 1.807) is 0 Å². The quantitative estimate of drug-likeness (QED) is 0.660. The van der Waals surface area contributed by atoms with Crippen LogP contribution in [0, 0.1) is 6.92 Å². The van der Waals surface area contributed by atoms with Gasteiger partial charge in [0.05, 0.1) is 12.0 Å². The van der Waals surface area contributed by atoms with Crippen LogP contribution >= 0.6 is 22.9 Å². The molecule has 1 nitrogen and oxygen atoms in total. The Morgan fingerprint density at radius 2 is 2.05 bits per heavy atom. The molecule has 1 aromatic heterocycles. The zero-order chi connectivity index (χ0) is 14.8. The van der Waals surface area contributed by atoms with Crippen LogP contribution in [0.1, 0.15) is 51.6 Å². The number of ether oxygens (including phenoxy) is 1. The van der Waals surface area contributed by atoms with Gasteiger partial charge >= 0.3 is 0 Å². The van der Waals surface area contributed by atoms with Crippen molar-refractivity contribution >= 4 is 22.9 Å². The smallest absolute Gasteiger partial charge is 0.124 e. The highest BCUT2D eigenvalue weighted by molar-refractivity contribution is 7.12. The summed E-state index contributed by atoms with van der Waals surface area (Å²) in [6.07, 6.45) is 5.05. The monoisotopic (exact) mass is 320 g/mol. The summed E-state index contributed by atoms with van der Waals surface area (Å²) in [5.41, 5.74) is 3.83. The minimum atomic E-state index is -0.109. The molecule has 1 heterocycles. The lowest BCUT2D eigenvalue weighted by Crippen LogP contribution is -1.99. The second kappa shape index (κ2) is 6.41. The molecular formula is C18H21ClOS. The molecule has 0 aliphatic heterocycles.